The Morgan fingerprint density at radius 2 is 1.84 bits per heavy atom. The van der Waals surface area contributed by atoms with Gasteiger partial charge >= 0.3 is 5.97 Å². The van der Waals surface area contributed by atoms with E-state index in [0.717, 1.165) is 17.5 Å². The molecule has 0 unspecified atom stereocenters. The minimum Gasteiger partial charge on any atom is -0.488 e. The smallest absolute Gasteiger partial charge is 0.339 e. The van der Waals surface area contributed by atoms with E-state index in [2.05, 4.69) is 0 Å². The predicted molar refractivity (Wildman–Crippen MR) is 73.6 cm³/mol. The fourth-order valence-corrected chi connectivity index (χ4v) is 1.93. The monoisotopic (exact) mass is 256 g/mol. The molecule has 0 heterocycles. The highest BCUT2D eigenvalue weighted by atomic mass is 16.5. The standard InChI is InChI=1S/C16H16O3/c1-2-13-9-6-10-14(16(17)18)15(13)19-11-12-7-4-3-5-8-12/h3-10H,2,11H2,1H3,(H,17,18). The van der Waals surface area contributed by atoms with Gasteiger partial charge in [-0.3, -0.25) is 0 Å². The summed E-state index contributed by atoms with van der Waals surface area (Å²) >= 11 is 0. The largest absolute Gasteiger partial charge is 0.488 e. The average molecular weight is 256 g/mol. The van der Waals surface area contributed by atoms with Gasteiger partial charge in [-0.1, -0.05) is 49.4 Å². The zero-order valence-corrected chi connectivity index (χ0v) is 10.8. The Bertz CT molecular complexity index is 561. The molecule has 0 bridgehead atoms. The minimum atomic E-state index is -0.960. The topological polar surface area (TPSA) is 46.5 Å². The summed E-state index contributed by atoms with van der Waals surface area (Å²) in [6, 6.07) is 14.9. The molecule has 0 atom stereocenters. The molecule has 0 saturated carbocycles. The maximum absolute atomic E-state index is 11.2. The van der Waals surface area contributed by atoms with Crippen LogP contribution in [-0.4, -0.2) is 11.1 Å². The number of hydrogen-bond donors (Lipinski definition) is 1. The maximum Gasteiger partial charge on any atom is 0.339 e. The molecule has 0 radical (unpaired) electrons. The molecule has 0 saturated heterocycles. The molecular formula is C16H16O3. The van der Waals surface area contributed by atoms with Crippen LogP contribution in [0.1, 0.15) is 28.4 Å². The first-order valence-electron chi connectivity index (χ1n) is 6.24. The molecular weight excluding hydrogens is 240 g/mol. The van der Waals surface area contributed by atoms with E-state index >= 15 is 0 Å². The first-order valence-corrected chi connectivity index (χ1v) is 6.24. The Morgan fingerprint density at radius 1 is 1.11 bits per heavy atom. The molecule has 2 rings (SSSR count). The first-order chi connectivity index (χ1) is 9.22. The molecule has 0 aliphatic heterocycles. The van der Waals surface area contributed by atoms with Crippen molar-refractivity contribution in [1.82, 2.24) is 0 Å². The number of hydrogen-bond acceptors (Lipinski definition) is 2. The highest BCUT2D eigenvalue weighted by Gasteiger charge is 2.14. The number of para-hydroxylation sites is 1. The second-order valence-corrected chi connectivity index (χ2v) is 4.23. The second kappa shape index (κ2) is 6.05. The third-order valence-electron chi connectivity index (χ3n) is 2.93. The van der Waals surface area contributed by atoms with Crippen molar-refractivity contribution in [2.45, 2.75) is 20.0 Å². The number of carbonyl (C=O) groups is 1. The van der Waals surface area contributed by atoms with Gasteiger partial charge in [0.25, 0.3) is 0 Å². The second-order valence-electron chi connectivity index (χ2n) is 4.23. The fourth-order valence-electron chi connectivity index (χ4n) is 1.93. The van der Waals surface area contributed by atoms with Crippen LogP contribution in [0.4, 0.5) is 0 Å². The number of carboxylic acid groups (broad SMARTS) is 1. The van der Waals surface area contributed by atoms with Crippen molar-refractivity contribution in [3.8, 4) is 5.75 Å². The van der Waals surface area contributed by atoms with Crippen LogP contribution in [-0.2, 0) is 13.0 Å². The van der Waals surface area contributed by atoms with Gasteiger partial charge < -0.3 is 9.84 Å². The molecule has 3 nitrogen and oxygen atoms in total. The van der Waals surface area contributed by atoms with Crippen LogP contribution in [0.15, 0.2) is 48.5 Å². The average Bonchev–Trinajstić information content (AvgIpc) is 2.45. The molecule has 0 aliphatic rings. The van der Waals surface area contributed by atoms with Crippen molar-refractivity contribution in [2.24, 2.45) is 0 Å². The third kappa shape index (κ3) is 3.13. The van der Waals surface area contributed by atoms with Crippen LogP contribution < -0.4 is 4.74 Å². The number of aryl methyl sites for hydroxylation is 1. The van der Waals surface area contributed by atoms with E-state index in [4.69, 9.17) is 4.74 Å². The third-order valence-corrected chi connectivity index (χ3v) is 2.93. The Labute approximate surface area is 112 Å². The summed E-state index contributed by atoms with van der Waals surface area (Å²) in [5, 5.41) is 9.20. The van der Waals surface area contributed by atoms with E-state index in [0.29, 0.717) is 12.4 Å². The van der Waals surface area contributed by atoms with Crippen LogP contribution in [0.5, 0.6) is 5.75 Å². The Morgan fingerprint density at radius 3 is 2.47 bits per heavy atom. The van der Waals surface area contributed by atoms with E-state index in [1.165, 1.54) is 0 Å². The van der Waals surface area contributed by atoms with Gasteiger partial charge in [-0.25, -0.2) is 4.79 Å². The van der Waals surface area contributed by atoms with E-state index in [-0.39, 0.29) is 5.56 Å². The lowest BCUT2D eigenvalue weighted by Crippen LogP contribution is -2.05. The molecule has 0 spiro atoms. The highest BCUT2D eigenvalue weighted by Crippen LogP contribution is 2.25. The van der Waals surface area contributed by atoms with Crippen LogP contribution >= 0.6 is 0 Å². The number of carboxylic acids is 1. The van der Waals surface area contributed by atoms with Gasteiger partial charge in [0.05, 0.1) is 0 Å². The van der Waals surface area contributed by atoms with Crippen molar-refractivity contribution in [2.75, 3.05) is 0 Å². The summed E-state index contributed by atoms with van der Waals surface area (Å²) in [6.45, 7) is 2.36. The summed E-state index contributed by atoms with van der Waals surface area (Å²) in [5.41, 5.74) is 2.15. The molecule has 2 aromatic carbocycles. The van der Waals surface area contributed by atoms with Crippen molar-refractivity contribution in [3.05, 3.63) is 65.2 Å². The lowest BCUT2D eigenvalue weighted by molar-refractivity contribution is 0.0691. The van der Waals surface area contributed by atoms with Gasteiger partial charge in [0.15, 0.2) is 0 Å². The van der Waals surface area contributed by atoms with E-state index in [1.54, 1.807) is 12.1 Å². The van der Waals surface area contributed by atoms with Gasteiger partial charge in [-0.05, 0) is 23.6 Å². The number of ether oxygens (including phenoxy) is 1. The molecule has 2 aromatic rings. The number of rotatable bonds is 5. The van der Waals surface area contributed by atoms with Crippen molar-refractivity contribution in [3.63, 3.8) is 0 Å². The molecule has 0 aliphatic carbocycles. The molecule has 0 aromatic heterocycles. The summed E-state index contributed by atoms with van der Waals surface area (Å²) in [6.07, 6.45) is 0.741. The maximum atomic E-state index is 11.2. The van der Waals surface area contributed by atoms with Gasteiger partial charge in [0, 0.05) is 0 Å². The lowest BCUT2D eigenvalue weighted by Gasteiger charge is -2.13. The zero-order chi connectivity index (χ0) is 13.7. The minimum absolute atomic E-state index is 0.218. The summed E-state index contributed by atoms with van der Waals surface area (Å²) in [4.78, 5) is 11.2. The van der Waals surface area contributed by atoms with E-state index in [9.17, 15) is 9.90 Å². The Balaban J connectivity index is 2.25. The van der Waals surface area contributed by atoms with Gasteiger partial charge in [-0.2, -0.15) is 0 Å². The summed E-state index contributed by atoms with van der Waals surface area (Å²) in [7, 11) is 0. The number of aromatic carboxylic acids is 1. The molecule has 0 amide bonds. The quantitative estimate of drug-likeness (QED) is 0.890. The van der Waals surface area contributed by atoms with Gasteiger partial charge in [0.2, 0.25) is 0 Å². The zero-order valence-electron chi connectivity index (χ0n) is 10.8. The van der Waals surface area contributed by atoms with Crippen LogP contribution in [0.2, 0.25) is 0 Å². The van der Waals surface area contributed by atoms with Crippen LogP contribution in [0.3, 0.4) is 0 Å². The fraction of sp³-hybridized carbons (Fsp3) is 0.188. The van der Waals surface area contributed by atoms with Crippen molar-refractivity contribution >= 4 is 5.97 Å². The molecule has 98 valence electrons. The summed E-state index contributed by atoms with van der Waals surface area (Å²) < 4.78 is 5.73. The van der Waals surface area contributed by atoms with Crippen LogP contribution in [0, 0.1) is 0 Å². The molecule has 1 N–H and O–H groups in total. The normalized spacial score (nSPS) is 10.2. The molecule has 19 heavy (non-hydrogen) atoms. The highest BCUT2D eigenvalue weighted by molar-refractivity contribution is 5.91. The molecule has 3 heteroatoms. The molecule has 0 fully saturated rings. The Hall–Kier alpha value is -2.29. The lowest BCUT2D eigenvalue weighted by atomic mass is 10.1. The van der Waals surface area contributed by atoms with Gasteiger partial charge in [-0.15, -0.1) is 0 Å². The van der Waals surface area contributed by atoms with E-state index in [1.807, 2.05) is 43.3 Å². The van der Waals surface area contributed by atoms with Crippen LogP contribution in [0.25, 0.3) is 0 Å². The van der Waals surface area contributed by atoms with E-state index < -0.39 is 5.97 Å². The Kier molecular flexibility index (Phi) is 4.18. The van der Waals surface area contributed by atoms with Gasteiger partial charge in [0.1, 0.15) is 17.9 Å². The first kappa shape index (κ1) is 13.1. The predicted octanol–water partition coefficient (Wildman–Crippen LogP) is 3.53. The van der Waals surface area contributed by atoms with Crippen molar-refractivity contribution < 1.29 is 14.6 Å². The SMILES string of the molecule is CCc1cccc(C(=O)O)c1OCc1ccccc1. The van der Waals surface area contributed by atoms with Crippen molar-refractivity contribution in [1.29, 1.82) is 0 Å². The summed E-state index contributed by atoms with van der Waals surface area (Å²) in [5.74, 6) is -0.486. The number of benzene rings is 2.